The maximum Gasteiger partial charge on any atom is 0.243 e. The van der Waals surface area contributed by atoms with Gasteiger partial charge in [-0.05, 0) is 151 Å². The molecule has 0 radical (unpaired) electrons. The highest BCUT2D eigenvalue weighted by Crippen LogP contribution is 2.47. The Labute approximate surface area is 481 Å². The Morgan fingerprint density at radius 2 is 1.00 bits per heavy atom. The van der Waals surface area contributed by atoms with Crippen LogP contribution in [0.3, 0.4) is 0 Å². The number of ether oxygens (including phenoxy) is 5. The topological polar surface area (TPSA) is 296 Å². The maximum absolute atomic E-state index is 14.5. The smallest absolute Gasteiger partial charge is 0.243 e. The number of rotatable bonds is 27. The number of epoxide rings is 2. The van der Waals surface area contributed by atoms with Gasteiger partial charge in [0.05, 0.1) is 49.8 Å². The molecule has 4 heterocycles. The fraction of sp³-hybridized carbons (Fsp3) is 0.667. The highest BCUT2D eigenvalue weighted by atomic mass is 32.2. The van der Waals surface area contributed by atoms with E-state index >= 15 is 0 Å². The number of sulfone groups is 1. The van der Waals surface area contributed by atoms with Crippen molar-refractivity contribution < 1.29 is 70.5 Å². The van der Waals surface area contributed by atoms with Gasteiger partial charge in [-0.25, -0.2) is 8.42 Å². The summed E-state index contributed by atoms with van der Waals surface area (Å²) >= 11 is 0. The summed E-state index contributed by atoms with van der Waals surface area (Å²) in [5.41, 5.74) is -0.825. The third-order valence-electron chi connectivity index (χ3n) is 17.7. The van der Waals surface area contributed by atoms with Crippen molar-refractivity contribution in [2.24, 2.45) is 35.5 Å². The van der Waals surface area contributed by atoms with Gasteiger partial charge in [0.15, 0.2) is 21.4 Å². The van der Waals surface area contributed by atoms with Crippen LogP contribution in [0.15, 0.2) is 53.4 Å². The molecule has 450 valence electrons. The predicted octanol–water partition coefficient (Wildman–Crippen LogP) is 3.01. The van der Waals surface area contributed by atoms with Crippen molar-refractivity contribution in [3.63, 3.8) is 0 Å². The lowest BCUT2D eigenvalue weighted by atomic mass is 9.85. The Bertz CT molecular complexity index is 2740. The molecule has 6 amide bonds. The standard InChI is InChI=1S/C60H84N6O15S/c1-35(61-55(71)41-21-24-78-25-22-41)53(69)66-50(29-38-13-19-46(20-14-38)82(6,75)76)58(74)64-48(52(68)60(4)34-81-60)31-40-10-16-43(27-40)42-15-9-39(26-42)30-47(51(67)59(3)33-80-59)63-57(73)49(28-37-11-17-45(77-5)18-12-37)65-54(70)36(2)62-56(72)44-8-7-23-79-32-44/h11-14,17-20,35-36,39-44,47-50H,7-10,15-16,21-34H2,1-6H3,(H,61,71)(H,62,72)(H,63,73)(H,64,74)(H,65,70)(H,66,69). The molecule has 2 aromatic carbocycles. The molecule has 2 aliphatic carbocycles. The third-order valence-corrected chi connectivity index (χ3v) is 18.8. The summed E-state index contributed by atoms with van der Waals surface area (Å²) in [4.78, 5) is 111. The van der Waals surface area contributed by atoms with Crippen LogP contribution in [0.1, 0.15) is 116 Å². The van der Waals surface area contributed by atoms with Crippen LogP contribution in [0.5, 0.6) is 5.75 Å². The average molecular weight is 1160 g/mol. The quantitative estimate of drug-likeness (QED) is 0.0701. The highest BCUT2D eigenvalue weighted by Gasteiger charge is 2.53. The van der Waals surface area contributed by atoms with E-state index in [1.807, 2.05) is 0 Å². The minimum atomic E-state index is -3.51. The van der Waals surface area contributed by atoms with E-state index in [1.165, 1.54) is 19.1 Å². The molecule has 0 aromatic heterocycles. The van der Waals surface area contributed by atoms with Gasteiger partial charge in [0.1, 0.15) is 41.1 Å². The first kappa shape index (κ1) is 62.2. The molecule has 6 N–H and O–H groups in total. The Balaban J connectivity index is 0.908. The van der Waals surface area contributed by atoms with Crippen LogP contribution < -0.4 is 36.6 Å². The van der Waals surface area contributed by atoms with Crippen LogP contribution >= 0.6 is 0 Å². The van der Waals surface area contributed by atoms with Crippen molar-refractivity contribution in [1.82, 2.24) is 31.9 Å². The average Bonchev–Trinajstić information content (AvgIpc) is 4.34. The molecule has 0 spiro atoms. The van der Waals surface area contributed by atoms with E-state index < -0.39 is 80.9 Å². The summed E-state index contributed by atoms with van der Waals surface area (Å²) in [5, 5.41) is 17.2. The first-order valence-electron chi connectivity index (χ1n) is 29.3. The first-order chi connectivity index (χ1) is 39.0. The summed E-state index contributed by atoms with van der Waals surface area (Å²) in [6.45, 7) is 8.68. The van der Waals surface area contributed by atoms with Crippen molar-refractivity contribution >= 4 is 56.8 Å². The van der Waals surface area contributed by atoms with E-state index in [0.29, 0.717) is 75.1 Å². The molecule has 0 bridgehead atoms. The van der Waals surface area contributed by atoms with Crippen molar-refractivity contribution in [3.05, 3.63) is 59.7 Å². The highest BCUT2D eigenvalue weighted by molar-refractivity contribution is 7.90. The number of carbonyl (C=O) groups excluding carboxylic acids is 8. The van der Waals surface area contributed by atoms with E-state index in [2.05, 4.69) is 31.9 Å². The predicted molar refractivity (Wildman–Crippen MR) is 300 cm³/mol. The molecule has 2 aromatic rings. The van der Waals surface area contributed by atoms with Gasteiger partial charge in [-0.15, -0.1) is 0 Å². The Kier molecular flexibility index (Phi) is 20.7. The molecule has 13 atom stereocenters. The summed E-state index contributed by atoms with van der Waals surface area (Å²) in [6, 6.07) is 7.04. The lowest BCUT2D eigenvalue weighted by Crippen LogP contribution is -2.57. The zero-order valence-corrected chi connectivity index (χ0v) is 49.0. The number of carbonyl (C=O) groups is 8. The van der Waals surface area contributed by atoms with Crippen LogP contribution in [0, 0.1) is 35.5 Å². The molecule has 22 heteroatoms. The molecule has 21 nitrogen and oxygen atoms in total. The van der Waals surface area contributed by atoms with E-state index in [1.54, 1.807) is 64.3 Å². The van der Waals surface area contributed by atoms with Crippen LogP contribution in [-0.4, -0.2) is 156 Å². The van der Waals surface area contributed by atoms with Gasteiger partial charge in [0.25, 0.3) is 0 Å². The minimum Gasteiger partial charge on any atom is -0.497 e. The number of benzene rings is 2. The van der Waals surface area contributed by atoms with Gasteiger partial charge in [-0.3, -0.25) is 38.4 Å². The fourth-order valence-corrected chi connectivity index (χ4v) is 12.9. The van der Waals surface area contributed by atoms with E-state index in [4.69, 9.17) is 23.7 Å². The lowest BCUT2D eigenvalue weighted by Gasteiger charge is -2.28. The second-order valence-electron chi connectivity index (χ2n) is 24.3. The molecule has 13 unspecified atom stereocenters. The molecule has 4 saturated heterocycles. The lowest BCUT2D eigenvalue weighted by molar-refractivity contribution is -0.135. The SMILES string of the molecule is COc1ccc(CC(NC(=O)C(C)NC(=O)C2CCCOC2)C(=O)NC(CC2CCC(C3CCC(CC(NC(=O)C(Cc4ccc(S(C)(=O)=O)cc4)NC(=O)C(C)NC(=O)C4CCOCC4)C(=O)C4(C)CO4)C3)C2)C(=O)C2(C)CO2)cc1. The van der Waals surface area contributed by atoms with Crippen molar-refractivity contribution in [3.8, 4) is 5.75 Å². The number of ketones is 2. The molecule has 8 rings (SSSR count). The largest absolute Gasteiger partial charge is 0.497 e. The number of Topliss-reactive ketones (excluding diaryl/α,β-unsaturated/α-hetero) is 2. The first-order valence-corrected chi connectivity index (χ1v) is 31.2. The number of methoxy groups -OCH3 is 1. The molecular formula is C60H84N6O15S. The molecule has 6 fully saturated rings. The van der Waals surface area contributed by atoms with Crippen LogP contribution in [0.2, 0.25) is 0 Å². The second-order valence-corrected chi connectivity index (χ2v) is 26.3. The van der Waals surface area contributed by atoms with E-state index in [9.17, 15) is 46.8 Å². The summed E-state index contributed by atoms with van der Waals surface area (Å²) < 4.78 is 51.9. The minimum absolute atomic E-state index is 0.0359. The Morgan fingerprint density at radius 3 is 1.41 bits per heavy atom. The normalized spacial score (nSPS) is 27.5. The van der Waals surface area contributed by atoms with Gasteiger partial charge in [0, 0.05) is 44.8 Å². The van der Waals surface area contributed by atoms with E-state index in [-0.39, 0.29) is 84.6 Å². The summed E-state index contributed by atoms with van der Waals surface area (Å²) in [7, 11) is -1.96. The number of hydrogen-bond acceptors (Lipinski definition) is 15. The summed E-state index contributed by atoms with van der Waals surface area (Å²) in [6.07, 6.45) is 9.37. The molecule has 2 saturated carbocycles. The van der Waals surface area contributed by atoms with Gasteiger partial charge >= 0.3 is 0 Å². The van der Waals surface area contributed by atoms with Crippen LogP contribution in [0.25, 0.3) is 0 Å². The molecule has 6 aliphatic rings. The number of nitrogens with one attached hydrogen (secondary N) is 6. The van der Waals surface area contributed by atoms with Gasteiger partial charge in [-0.1, -0.05) is 37.1 Å². The molecule has 82 heavy (non-hydrogen) atoms. The second kappa shape index (κ2) is 27.3. The van der Waals surface area contributed by atoms with E-state index in [0.717, 1.165) is 56.8 Å². The van der Waals surface area contributed by atoms with Crippen LogP contribution in [0.4, 0.5) is 0 Å². The third kappa shape index (κ3) is 16.7. The Morgan fingerprint density at radius 1 is 0.561 bits per heavy atom. The molecular weight excluding hydrogens is 1080 g/mol. The van der Waals surface area contributed by atoms with Gasteiger partial charge < -0.3 is 55.6 Å². The van der Waals surface area contributed by atoms with Crippen molar-refractivity contribution in [2.75, 3.05) is 53.0 Å². The summed E-state index contributed by atoms with van der Waals surface area (Å²) in [5.74, 6) is -2.70. The Hall–Kier alpha value is -5.81. The van der Waals surface area contributed by atoms with Crippen LogP contribution in [-0.2, 0) is 80.0 Å². The molecule has 4 aliphatic heterocycles. The van der Waals surface area contributed by atoms with Gasteiger partial charge in [0.2, 0.25) is 35.4 Å². The fourth-order valence-electron chi connectivity index (χ4n) is 12.2. The zero-order valence-electron chi connectivity index (χ0n) is 48.2. The van der Waals surface area contributed by atoms with Gasteiger partial charge in [-0.2, -0.15) is 0 Å². The maximum atomic E-state index is 14.5. The monoisotopic (exact) mass is 1160 g/mol. The van der Waals surface area contributed by atoms with Crippen molar-refractivity contribution in [2.45, 2.75) is 170 Å². The zero-order chi connectivity index (χ0) is 58.9. The number of hydrogen-bond donors (Lipinski definition) is 6. The van der Waals surface area contributed by atoms with Crippen molar-refractivity contribution in [1.29, 1.82) is 0 Å². The number of amides is 6.